The molecule has 0 fully saturated rings. The van der Waals surface area contributed by atoms with Crippen molar-refractivity contribution >= 4 is 27.5 Å². The van der Waals surface area contributed by atoms with Crippen LogP contribution in [0, 0.1) is 0 Å². The van der Waals surface area contributed by atoms with Crippen molar-refractivity contribution in [3.05, 3.63) is 28.8 Å². The summed E-state index contributed by atoms with van der Waals surface area (Å²) >= 11 is 5.80. The Labute approximate surface area is 131 Å². The lowest BCUT2D eigenvalue weighted by molar-refractivity contribution is -0.138. The molecule has 22 heavy (non-hydrogen) atoms. The summed E-state index contributed by atoms with van der Waals surface area (Å²) in [5.74, 6) is -1.02. The van der Waals surface area contributed by atoms with Crippen LogP contribution in [0.5, 0.6) is 0 Å². The second kappa shape index (κ2) is 6.43. The van der Waals surface area contributed by atoms with E-state index in [2.05, 4.69) is 0 Å². The fraction of sp³-hybridized carbons (Fsp3) is 0.417. The second-order valence-electron chi connectivity index (χ2n) is 4.71. The molecule has 0 spiro atoms. The number of carbonyl (C=O) groups is 1. The molecule has 0 aliphatic carbocycles. The van der Waals surface area contributed by atoms with Crippen LogP contribution in [0.4, 0.5) is 13.2 Å². The molecule has 1 amide bonds. The maximum atomic E-state index is 12.3. The largest absolute Gasteiger partial charge is 0.406 e. The minimum atomic E-state index is -4.57. The van der Waals surface area contributed by atoms with Crippen LogP contribution in [0.3, 0.4) is 0 Å². The van der Waals surface area contributed by atoms with E-state index in [0.717, 1.165) is 23.5 Å². The highest BCUT2D eigenvalue weighted by Crippen LogP contribution is 2.24. The predicted octanol–water partition coefficient (Wildman–Crippen LogP) is 2.22. The van der Waals surface area contributed by atoms with Crippen LogP contribution in [-0.4, -0.2) is 57.4 Å². The highest BCUT2D eigenvalue weighted by molar-refractivity contribution is 7.89. The molecular weight excluding hydrogens is 345 g/mol. The number of sulfonamides is 1. The van der Waals surface area contributed by atoms with Gasteiger partial charge in [0.25, 0.3) is 5.91 Å². The van der Waals surface area contributed by atoms with Gasteiger partial charge in [0.2, 0.25) is 10.0 Å². The van der Waals surface area contributed by atoms with Gasteiger partial charge in [0.15, 0.2) is 0 Å². The first-order valence-corrected chi connectivity index (χ1v) is 7.72. The summed E-state index contributed by atoms with van der Waals surface area (Å²) < 4.78 is 61.9. The number of amides is 1. The molecule has 0 aromatic heterocycles. The molecule has 0 heterocycles. The normalized spacial score (nSPS) is 12.5. The summed E-state index contributed by atoms with van der Waals surface area (Å²) in [7, 11) is -0.285. The summed E-state index contributed by atoms with van der Waals surface area (Å²) in [6, 6.07) is 3.30. The standard InChI is InChI=1S/C12H14ClF3N2O3S/c1-17(2)22(20,21)8-4-5-10(13)9(6-8)11(19)18(3)7-12(14,15)16/h4-6H,7H2,1-3H3. The highest BCUT2D eigenvalue weighted by atomic mass is 35.5. The van der Waals surface area contributed by atoms with E-state index >= 15 is 0 Å². The van der Waals surface area contributed by atoms with Crippen molar-refractivity contribution < 1.29 is 26.4 Å². The van der Waals surface area contributed by atoms with Gasteiger partial charge in [0.1, 0.15) is 6.54 Å². The van der Waals surface area contributed by atoms with E-state index in [0.29, 0.717) is 4.90 Å². The third kappa shape index (κ3) is 4.34. The molecule has 0 saturated heterocycles. The smallest absolute Gasteiger partial charge is 0.333 e. The number of hydrogen-bond donors (Lipinski definition) is 0. The van der Waals surface area contributed by atoms with Gasteiger partial charge in [0.05, 0.1) is 15.5 Å². The summed E-state index contributed by atoms with van der Waals surface area (Å²) in [4.78, 5) is 12.2. The maximum Gasteiger partial charge on any atom is 0.406 e. The molecule has 1 aromatic carbocycles. The summed E-state index contributed by atoms with van der Waals surface area (Å²) in [6.07, 6.45) is -4.57. The van der Waals surface area contributed by atoms with Crippen molar-refractivity contribution in [2.75, 3.05) is 27.7 Å². The molecule has 1 rings (SSSR count). The van der Waals surface area contributed by atoms with E-state index in [1.807, 2.05) is 0 Å². The van der Waals surface area contributed by atoms with Crippen molar-refractivity contribution in [3.8, 4) is 0 Å². The number of halogens is 4. The Morgan fingerprint density at radius 1 is 1.23 bits per heavy atom. The van der Waals surface area contributed by atoms with Gasteiger partial charge < -0.3 is 4.90 Å². The lowest BCUT2D eigenvalue weighted by Gasteiger charge is -2.20. The Balaban J connectivity index is 3.23. The van der Waals surface area contributed by atoms with Crippen LogP contribution in [-0.2, 0) is 10.0 Å². The quantitative estimate of drug-likeness (QED) is 0.829. The molecule has 124 valence electrons. The Kier molecular flexibility index (Phi) is 5.47. The van der Waals surface area contributed by atoms with Crippen LogP contribution in [0.2, 0.25) is 5.02 Å². The summed E-state index contributed by atoms with van der Waals surface area (Å²) in [6.45, 7) is -1.47. The van der Waals surface area contributed by atoms with Crippen molar-refractivity contribution in [2.24, 2.45) is 0 Å². The fourth-order valence-corrected chi connectivity index (χ4v) is 2.71. The Morgan fingerprint density at radius 3 is 2.23 bits per heavy atom. The lowest BCUT2D eigenvalue weighted by Crippen LogP contribution is -2.36. The number of hydrogen-bond acceptors (Lipinski definition) is 3. The van der Waals surface area contributed by atoms with Crippen LogP contribution in [0.15, 0.2) is 23.1 Å². The minimum Gasteiger partial charge on any atom is -0.333 e. The number of benzene rings is 1. The average molecular weight is 359 g/mol. The number of rotatable bonds is 4. The van der Waals surface area contributed by atoms with Crippen molar-refractivity contribution in [3.63, 3.8) is 0 Å². The zero-order valence-corrected chi connectivity index (χ0v) is 13.6. The van der Waals surface area contributed by atoms with Crippen LogP contribution in [0.1, 0.15) is 10.4 Å². The SMILES string of the molecule is CN(CC(F)(F)F)C(=O)c1cc(S(=O)(=O)N(C)C)ccc1Cl. The molecule has 0 bridgehead atoms. The van der Waals surface area contributed by atoms with E-state index in [1.165, 1.54) is 20.2 Å². The maximum absolute atomic E-state index is 12.3. The Hall–Kier alpha value is -1.32. The topological polar surface area (TPSA) is 57.7 Å². The molecule has 0 unspecified atom stereocenters. The zero-order valence-electron chi connectivity index (χ0n) is 12.0. The van der Waals surface area contributed by atoms with Crippen LogP contribution < -0.4 is 0 Å². The summed E-state index contributed by atoms with van der Waals surface area (Å²) in [5, 5.41) is -0.128. The van der Waals surface area contributed by atoms with Crippen LogP contribution in [0.25, 0.3) is 0 Å². The van der Waals surface area contributed by atoms with Crippen molar-refractivity contribution in [1.82, 2.24) is 9.21 Å². The molecule has 0 aliphatic heterocycles. The number of alkyl halides is 3. The fourth-order valence-electron chi connectivity index (χ4n) is 1.59. The van der Waals surface area contributed by atoms with Gasteiger partial charge >= 0.3 is 6.18 Å². The van der Waals surface area contributed by atoms with Crippen molar-refractivity contribution in [1.29, 1.82) is 0 Å². The monoisotopic (exact) mass is 358 g/mol. The number of nitrogens with zero attached hydrogens (tertiary/aromatic N) is 2. The van der Waals surface area contributed by atoms with E-state index in [1.54, 1.807) is 0 Å². The van der Waals surface area contributed by atoms with Gasteiger partial charge in [-0.3, -0.25) is 4.79 Å². The van der Waals surface area contributed by atoms with E-state index in [4.69, 9.17) is 11.6 Å². The van der Waals surface area contributed by atoms with Crippen molar-refractivity contribution in [2.45, 2.75) is 11.1 Å². The van der Waals surface area contributed by atoms with Gasteiger partial charge in [-0.05, 0) is 18.2 Å². The third-order valence-electron chi connectivity index (χ3n) is 2.71. The molecule has 0 N–H and O–H groups in total. The lowest BCUT2D eigenvalue weighted by atomic mass is 10.2. The molecule has 0 atom stereocenters. The Morgan fingerprint density at radius 2 is 1.77 bits per heavy atom. The molecule has 0 saturated carbocycles. The van der Waals surface area contributed by atoms with E-state index in [9.17, 15) is 26.4 Å². The minimum absolute atomic E-state index is 0.128. The van der Waals surface area contributed by atoms with Gasteiger partial charge in [-0.15, -0.1) is 0 Å². The first kappa shape index (κ1) is 18.7. The first-order chi connectivity index (χ1) is 9.86. The molecule has 0 aliphatic rings. The summed E-state index contributed by atoms with van der Waals surface area (Å²) in [5.41, 5.74) is -0.309. The van der Waals surface area contributed by atoms with Crippen LogP contribution >= 0.6 is 11.6 Å². The van der Waals surface area contributed by atoms with E-state index < -0.39 is 28.7 Å². The molecule has 5 nitrogen and oxygen atoms in total. The van der Waals surface area contributed by atoms with Gasteiger partial charge in [0, 0.05) is 21.1 Å². The van der Waals surface area contributed by atoms with Gasteiger partial charge in [-0.1, -0.05) is 11.6 Å². The second-order valence-corrected chi connectivity index (χ2v) is 7.26. The van der Waals surface area contributed by atoms with E-state index in [-0.39, 0.29) is 15.5 Å². The molecule has 0 radical (unpaired) electrons. The Bertz CT molecular complexity index is 675. The molecule has 1 aromatic rings. The third-order valence-corrected chi connectivity index (χ3v) is 4.85. The molecular formula is C12H14ClF3N2O3S. The highest BCUT2D eigenvalue weighted by Gasteiger charge is 2.32. The predicted molar refractivity (Wildman–Crippen MR) is 75.3 cm³/mol. The number of carbonyl (C=O) groups excluding carboxylic acids is 1. The van der Waals surface area contributed by atoms with Gasteiger partial charge in [-0.2, -0.15) is 13.2 Å². The molecule has 10 heteroatoms. The zero-order chi connectivity index (χ0) is 17.3. The average Bonchev–Trinajstić information content (AvgIpc) is 2.35. The first-order valence-electron chi connectivity index (χ1n) is 5.90. The van der Waals surface area contributed by atoms with Gasteiger partial charge in [-0.25, -0.2) is 12.7 Å².